The normalized spacial score (nSPS) is 10.4. The van der Waals surface area contributed by atoms with E-state index in [1.807, 2.05) is 6.92 Å². The molecule has 1 N–H and O–H groups in total. The Balaban J connectivity index is 2.97. The average molecular weight is 226 g/mol. The highest BCUT2D eigenvalue weighted by molar-refractivity contribution is 5.59. The third-order valence-electron chi connectivity index (χ3n) is 2.40. The van der Waals surface area contributed by atoms with E-state index in [0.717, 1.165) is 19.4 Å². The molecule has 0 spiro atoms. The van der Waals surface area contributed by atoms with E-state index in [2.05, 4.69) is 17.3 Å². The molecular formula is C10H18N4O2. The largest absolute Gasteiger partial charge is 0.365 e. The molecule has 1 aromatic rings. The van der Waals surface area contributed by atoms with Gasteiger partial charge in [-0.2, -0.15) is 5.10 Å². The summed E-state index contributed by atoms with van der Waals surface area (Å²) in [6.45, 7) is 7.03. The van der Waals surface area contributed by atoms with Gasteiger partial charge in [-0.15, -0.1) is 0 Å². The standard InChI is InChI=1S/C10H18N4O2/c1-4-6-7-11-10-9(14(15)16)8(3)12-13(10)5-2/h11H,4-7H2,1-3H3. The van der Waals surface area contributed by atoms with Gasteiger partial charge in [-0.3, -0.25) is 10.1 Å². The van der Waals surface area contributed by atoms with Gasteiger partial charge >= 0.3 is 5.69 Å². The summed E-state index contributed by atoms with van der Waals surface area (Å²) in [5.41, 5.74) is 0.559. The highest BCUT2D eigenvalue weighted by atomic mass is 16.6. The summed E-state index contributed by atoms with van der Waals surface area (Å²) >= 11 is 0. The zero-order chi connectivity index (χ0) is 12.1. The molecule has 0 unspecified atom stereocenters. The van der Waals surface area contributed by atoms with Crippen molar-refractivity contribution in [3.63, 3.8) is 0 Å². The Hall–Kier alpha value is -1.59. The fourth-order valence-corrected chi connectivity index (χ4v) is 1.58. The molecule has 0 aliphatic rings. The first-order valence-corrected chi connectivity index (χ1v) is 5.57. The minimum Gasteiger partial charge on any atom is -0.365 e. The lowest BCUT2D eigenvalue weighted by Crippen LogP contribution is -2.09. The predicted octanol–water partition coefficient (Wildman–Crippen LogP) is 2.33. The number of aromatic nitrogens is 2. The van der Waals surface area contributed by atoms with Crippen LogP contribution < -0.4 is 5.32 Å². The molecule has 90 valence electrons. The van der Waals surface area contributed by atoms with Gasteiger partial charge < -0.3 is 5.32 Å². The molecule has 1 aromatic heterocycles. The Bertz CT molecular complexity index is 373. The molecule has 0 atom stereocenters. The van der Waals surface area contributed by atoms with Crippen molar-refractivity contribution >= 4 is 11.5 Å². The fraction of sp³-hybridized carbons (Fsp3) is 0.700. The van der Waals surface area contributed by atoms with Gasteiger partial charge in [0.05, 0.1) is 4.92 Å². The van der Waals surface area contributed by atoms with Crippen LogP contribution in [0.15, 0.2) is 0 Å². The Labute approximate surface area is 94.8 Å². The Kier molecular flexibility index (Phi) is 4.28. The van der Waals surface area contributed by atoms with Gasteiger partial charge in [-0.05, 0) is 20.3 Å². The van der Waals surface area contributed by atoms with Crippen LogP contribution in [-0.4, -0.2) is 21.2 Å². The smallest absolute Gasteiger partial charge is 0.333 e. The lowest BCUT2D eigenvalue weighted by atomic mass is 10.3. The molecule has 0 aliphatic carbocycles. The summed E-state index contributed by atoms with van der Waals surface area (Å²) in [7, 11) is 0. The van der Waals surface area contributed by atoms with Gasteiger partial charge in [0.15, 0.2) is 0 Å². The zero-order valence-corrected chi connectivity index (χ0v) is 9.99. The molecule has 0 amide bonds. The number of hydrogen-bond acceptors (Lipinski definition) is 4. The molecule has 0 fully saturated rings. The van der Waals surface area contributed by atoms with Crippen molar-refractivity contribution in [3.8, 4) is 0 Å². The van der Waals surface area contributed by atoms with Gasteiger partial charge in [-0.1, -0.05) is 13.3 Å². The van der Waals surface area contributed by atoms with Crippen LogP contribution in [0.1, 0.15) is 32.4 Å². The van der Waals surface area contributed by atoms with E-state index < -0.39 is 0 Å². The van der Waals surface area contributed by atoms with Crippen molar-refractivity contribution in [3.05, 3.63) is 15.8 Å². The molecule has 6 nitrogen and oxygen atoms in total. The maximum Gasteiger partial charge on any atom is 0.333 e. The van der Waals surface area contributed by atoms with E-state index in [-0.39, 0.29) is 10.6 Å². The Morgan fingerprint density at radius 1 is 1.50 bits per heavy atom. The van der Waals surface area contributed by atoms with Crippen LogP contribution in [0, 0.1) is 17.0 Å². The maximum atomic E-state index is 10.9. The highest BCUT2D eigenvalue weighted by Gasteiger charge is 2.24. The first kappa shape index (κ1) is 12.5. The zero-order valence-electron chi connectivity index (χ0n) is 9.99. The second kappa shape index (κ2) is 5.48. The van der Waals surface area contributed by atoms with E-state index in [9.17, 15) is 10.1 Å². The van der Waals surface area contributed by atoms with Crippen LogP contribution in [0.4, 0.5) is 11.5 Å². The number of anilines is 1. The van der Waals surface area contributed by atoms with Crippen molar-refractivity contribution in [2.75, 3.05) is 11.9 Å². The fourth-order valence-electron chi connectivity index (χ4n) is 1.58. The molecule has 6 heteroatoms. The van der Waals surface area contributed by atoms with Crippen molar-refractivity contribution in [1.29, 1.82) is 0 Å². The number of nitrogens with one attached hydrogen (secondary N) is 1. The van der Waals surface area contributed by atoms with E-state index in [4.69, 9.17) is 0 Å². The number of aryl methyl sites for hydroxylation is 2. The number of nitrogens with zero attached hydrogens (tertiary/aromatic N) is 3. The second-order valence-corrected chi connectivity index (χ2v) is 3.64. The van der Waals surface area contributed by atoms with E-state index >= 15 is 0 Å². The lowest BCUT2D eigenvalue weighted by Gasteiger charge is -2.06. The number of nitro groups is 1. The van der Waals surface area contributed by atoms with E-state index in [1.54, 1.807) is 11.6 Å². The lowest BCUT2D eigenvalue weighted by molar-refractivity contribution is -0.384. The van der Waals surface area contributed by atoms with Crippen molar-refractivity contribution in [2.45, 2.75) is 40.2 Å². The molecule has 0 aromatic carbocycles. The molecular weight excluding hydrogens is 208 g/mol. The minimum absolute atomic E-state index is 0.0953. The summed E-state index contributed by atoms with van der Waals surface area (Å²) in [5.74, 6) is 0.526. The van der Waals surface area contributed by atoms with E-state index in [1.165, 1.54) is 0 Å². The maximum absolute atomic E-state index is 10.9. The quantitative estimate of drug-likeness (QED) is 0.459. The topological polar surface area (TPSA) is 73.0 Å². The van der Waals surface area contributed by atoms with Gasteiger partial charge in [0, 0.05) is 13.1 Å². The highest BCUT2D eigenvalue weighted by Crippen LogP contribution is 2.27. The van der Waals surface area contributed by atoms with Gasteiger partial charge in [0.2, 0.25) is 5.82 Å². The van der Waals surface area contributed by atoms with Crippen LogP contribution in [0.2, 0.25) is 0 Å². The molecule has 0 saturated heterocycles. The molecule has 0 saturated carbocycles. The van der Waals surface area contributed by atoms with Crippen molar-refractivity contribution in [2.24, 2.45) is 0 Å². The van der Waals surface area contributed by atoms with E-state index in [0.29, 0.717) is 18.1 Å². The van der Waals surface area contributed by atoms with Crippen molar-refractivity contribution in [1.82, 2.24) is 9.78 Å². The van der Waals surface area contributed by atoms with Gasteiger partial charge in [0.25, 0.3) is 0 Å². The molecule has 1 heterocycles. The van der Waals surface area contributed by atoms with Crippen LogP contribution in [0.25, 0.3) is 0 Å². The van der Waals surface area contributed by atoms with Crippen LogP contribution in [0.5, 0.6) is 0 Å². The van der Waals surface area contributed by atoms with Crippen molar-refractivity contribution < 1.29 is 4.92 Å². The van der Waals surface area contributed by atoms with Crippen LogP contribution in [0.3, 0.4) is 0 Å². The summed E-state index contributed by atoms with van der Waals surface area (Å²) in [4.78, 5) is 10.5. The third-order valence-corrected chi connectivity index (χ3v) is 2.40. The number of hydrogen-bond donors (Lipinski definition) is 1. The number of unbranched alkanes of at least 4 members (excludes halogenated alkanes) is 1. The summed E-state index contributed by atoms with van der Waals surface area (Å²) in [5, 5.41) is 18.2. The SMILES string of the molecule is CCCCNc1c([N+](=O)[O-])c(C)nn1CC. The summed E-state index contributed by atoms with van der Waals surface area (Å²) in [6.07, 6.45) is 2.05. The van der Waals surface area contributed by atoms with Gasteiger partial charge in [-0.25, -0.2) is 4.68 Å². The summed E-state index contributed by atoms with van der Waals surface area (Å²) < 4.78 is 1.64. The molecule has 16 heavy (non-hydrogen) atoms. The second-order valence-electron chi connectivity index (χ2n) is 3.64. The monoisotopic (exact) mass is 226 g/mol. The van der Waals surface area contributed by atoms with Gasteiger partial charge in [0.1, 0.15) is 5.69 Å². The minimum atomic E-state index is -0.372. The first-order chi connectivity index (χ1) is 7.61. The molecule has 0 aliphatic heterocycles. The molecule has 0 bridgehead atoms. The Morgan fingerprint density at radius 3 is 2.69 bits per heavy atom. The third kappa shape index (κ3) is 2.50. The summed E-state index contributed by atoms with van der Waals surface area (Å²) in [6, 6.07) is 0. The Morgan fingerprint density at radius 2 is 2.19 bits per heavy atom. The average Bonchev–Trinajstić information content (AvgIpc) is 2.55. The number of rotatable bonds is 6. The van der Waals surface area contributed by atoms with Crippen LogP contribution >= 0.6 is 0 Å². The predicted molar refractivity (Wildman–Crippen MR) is 62.7 cm³/mol. The van der Waals surface area contributed by atoms with Crippen LogP contribution in [-0.2, 0) is 6.54 Å². The molecule has 0 radical (unpaired) electrons. The first-order valence-electron chi connectivity index (χ1n) is 5.57. The molecule has 1 rings (SSSR count).